The highest BCUT2D eigenvalue weighted by atomic mass is 19.1. The molecule has 13 heavy (non-hydrogen) atoms. The molecule has 0 saturated heterocycles. The molecule has 3 N–H and O–H groups in total. The second-order valence-electron chi connectivity index (χ2n) is 3.13. The lowest BCUT2D eigenvalue weighted by Gasteiger charge is -2.05. The van der Waals surface area contributed by atoms with Crippen LogP contribution in [0.3, 0.4) is 0 Å². The molecule has 1 saturated carbocycles. The van der Waals surface area contributed by atoms with Crippen LogP contribution in [0.2, 0.25) is 0 Å². The monoisotopic (exact) mass is 178 g/mol. The third kappa shape index (κ3) is 1.70. The maximum atomic E-state index is 12.9. The van der Waals surface area contributed by atoms with Gasteiger partial charge in [0.25, 0.3) is 0 Å². The number of rotatable bonds is 2. The molecule has 0 heterocycles. The Morgan fingerprint density at radius 1 is 1.38 bits per heavy atom. The van der Waals surface area contributed by atoms with E-state index in [9.17, 15) is 4.39 Å². The van der Waals surface area contributed by atoms with E-state index in [1.165, 1.54) is 17.7 Å². The number of allylic oxidation sites excluding steroid dienone is 1. The third-order valence-electron chi connectivity index (χ3n) is 2.11. The van der Waals surface area contributed by atoms with E-state index >= 15 is 0 Å². The minimum atomic E-state index is -0.230. The van der Waals surface area contributed by atoms with Gasteiger partial charge in [0.1, 0.15) is 5.82 Å². The standard InChI is InChI=1S/C10H11FN2/c11-9-3-1-2-8(6-9)10(13-12)7-4-5-7/h1-3,6,13H,4-5,12H2. The van der Waals surface area contributed by atoms with Gasteiger partial charge in [-0.2, -0.15) is 0 Å². The fourth-order valence-corrected chi connectivity index (χ4v) is 1.35. The summed E-state index contributed by atoms with van der Waals surface area (Å²) in [6.45, 7) is 0. The zero-order valence-corrected chi connectivity index (χ0v) is 7.18. The molecule has 0 aromatic heterocycles. The number of hydrogen-bond acceptors (Lipinski definition) is 2. The van der Waals surface area contributed by atoms with Gasteiger partial charge in [-0.05, 0) is 30.5 Å². The summed E-state index contributed by atoms with van der Waals surface area (Å²) in [5.74, 6) is 5.14. The number of benzene rings is 1. The normalized spacial score (nSPS) is 14.2. The summed E-state index contributed by atoms with van der Waals surface area (Å²) in [4.78, 5) is 0. The second kappa shape index (κ2) is 3.18. The molecule has 1 aromatic carbocycles. The van der Waals surface area contributed by atoms with E-state index in [0.29, 0.717) is 0 Å². The number of halogens is 1. The van der Waals surface area contributed by atoms with Crippen LogP contribution in [0, 0.1) is 5.82 Å². The molecule has 1 aliphatic rings. The number of hydrogen-bond donors (Lipinski definition) is 2. The first-order chi connectivity index (χ1) is 6.31. The quantitative estimate of drug-likeness (QED) is 0.535. The lowest BCUT2D eigenvalue weighted by atomic mass is 10.1. The summed E-state index contributed by atoms with van der Waals surface area (Å²) < 4.78 is 12.9. The minimum absolute atomic E-state index is 0.230. The molecule has 0 unspecified atom stereocenters. The molecule has 1 aliphatic carbocycles. The number of nitrogens with two attached hydrogens (primary N) is 1. The Kier molecular flexibility index (Phi) is 2.02. The lowest BCUT2D eigenvalue weighted by molar-refractivity contribution is 0.627. The van der Waals surface area contributed by atoms with Gasteiger partial charge in [-0.15, -0.1) is 0 Å². The fourth-order valence-electron chi connectivity index (χ4n) is 1.35. The maximum Gasteiger partial charge on any atom is 0.123 e. The Balaban J connectivity index is 2.39. The van der Waals surface area contributed by atoms with Gasteiger partial charge in [0, 0.05) is 5.56 Å². The molecular formula is C10H11FN2. The van der Waals surface area contributed by atoms with Crippen LogP contribution in [-0.4, -0.2) is 0 Å². The van der Waals surface area contributed by atoms with E-state index < -0.39 is 0 Å². The van der Waals surface area contributed by atoms with Gasteiger partial charge in [0.15, 0.2) is 0 Å². The predicted octanol–water partition coefficient (Wildman–Crippen LogP) is 1.79. The van der Waals surface area contributed by atoms with Gasteiger partial charge < -0.3 is 5.43 Å². The van der Waals surface area contributed by atoms with E-state index in [-0.39, 0.29) is 5.82 Å². The third-order valence-corrected chi connectivity index (χ3v) is 2.11. The fraction of sp³-hybridized carbons (Fsp3) is 0.200. The van der Waals surface area contributed by atoms with Crippen LogP contribution in [0.5, 0.6) is 0 Å². The maximum absolute atomic E-state index is 12.9. The first-order valence-electron chi connectivity index (χ1n) is 4.26. The lowest BCUT2D eigenvalue weighted by Crippen LogP contribution is -2.20. The Morgan fingerprint density at radius 3 is 2.69 bits per heavy atom. The molecule has 1 fully saturated rings. The SMILES string of the molecule is NNC(=C1CC1)c1cccc(F)c1. The number of hydrazine groups is 1. The summed E-state index contributed by atoms with van der Waals surface area (Å²) in [5, 5.41) is 0. The highest BCUT2D eigenvalue weighted by Gasteiger charge is 2.18. The van der Waals surface area contributed by atoms with Crippen LogP contribution < -0.4 is 11.3 Å². The average molecular weight is 178 g/mol. The van der Waals surface area contributed by atoms with E-state index in [1.54, 1.807) is 6.07 Å². The molecule has 2 nitrogen and oxygen atoms in total. The van der Waals surface area contributed by atoms with Crippen molar-refractivity contribution in [2.45, 2.75) is 12.8 Å². The Labute approximate surface area is 76.2 Å². The summed E-state index contributed by atoms with van der Waals surface area (Å²) in [6, 6.07) is 6.45. The van der Waals surface area contributed by atoms with Crippen molar-refractivity contribution in [3.63, 3.8) is 0 Å². The zero-order valence-electron chi connectivity index (χ0n) is 7.18. The Bertz CT molecular complexity index is 352. The van der Waals surface area contributed by atoms with Crippen LogP contribution in [0.1, 0.15) is 18.4 Å². The molecule has 3 heteroatoms. The van der Waals surface area contributed by atoms with E-state index in [0.717, 1.165) is 24.1 Å². The first-order valence-corrected chi connectivity index (χ1v) is 4.26. The molecule has 0 bridgehead atoms. The van der Waals surface area contributed by atoms with Crippen molar-refractivity contribution < 1.29 is 4.39 Å². The van der Waals surface area contributed by atoms with Crippen molar-refractivity contribution in [2.75, 3.05) is 0 Å². The van der Waals surface area contributed by atoms with Gasteiger partial charge >= 0.3 is 0 Å². The molecular weight excluding hydrogens is 167 g/mol. The molecule has 2 rings (SSSR count). The van der Waals surface area contributed by atoms with Gasteiger partial charge in [-0.25, -0.2) is 4.39 Å². The van der Waals surface area contributed by atoms with Crippen LogP contribution in [0.25, 0.3) is 5.70 Å². The van der Waals surface area contributed by atoms with E-state index in [4.69, 9.17) is 5.84 Å². The van der Waals surface area contributed by atoms with Crippen molar-refractivity contribution in [1.82, 2.24) is 5.43 Å². The second-order valence-corrected chi connectivity index (χ2v) is 3.13. The topological polar surface area (TPSA) is 38.0 Å². The smallest absolute Gasteiger partial charge is 0.123 e. The van der Waals surface area contributed by atoms with Crippen LogP contribution in [-0.2, 0) is 0 Å². The van der Waals surface area contributed by atoms with Crippen molar-refractivity contribution in [3.05, 3.63) is 41.2 Å². The van der Waals surface area contributed by atoms with Gasteiger partial charge in [-0.3, -0.25) is 5.84 Å². The first kappa shape index (κ1) is 8.26. The minimum Gasteiger partial charge on any atom is -0.324 e. The van der Waals surface area contributed by atoms with E-state index in [2.05, 4.69) is 5.43 Å². The van der Waals surface area contributed by atoms with Crippen molar-refractivity contribution in [2.24, 2.45) is 5.84 Å². The van der Waals surface area contributed by atoms with Gasteiger partial charge in [-0.1, -0.05) is 12.1 Å². The van der Waals surface area contributed by atoms with Gasteiger partial charge in [0.2, 0.25) is 0 Å². The number of nitrogens with one attached hydrogen (secondary N) is 1. The summed E-state index contributed by atoms with van der Waals surface area (Å²) in [6.07, 6.45) is 2.13. The van der Waals surface area contributed by atoms with Crippen molar-refractivity contribution in [3.8, 4) is 0 Å². The highest BCUT2D eigenvalue weighted by molar-refractivity contribution is 5.69. The van der Waals surface area contributed by atoms with E-state index in [1.807, 2.05) is 6.07 Å². The Morgan fingerprint density at radius 2 is 2.15 bits per heavy atom. The summed E-state index contributed by atoms with van der Waals surface area (Å²) >= 11 is 0. The molecule has 1 aromatic rings. The molecule has 68 valence electrons. The molecule has 0 radical (unpaired) electrons. The summed E-state index contributed by atoms with van der Waals surface area (Å²) in [7, 11) is 0. The highest BCUT2D eigenvalue weighted by Crippen LogP contribution is 2.34. The molecule has 0 aliphatic heterocycles. The van der Waals surface area contributed by atoms with Crippen molar-refractivity contribution >= 4 is 5.70 Å². The van der Waals surface area contributed by atoms with Crippen LogP contribution in [0.4, 0.5) is 4.39 Å². The van der Waals surface area contributed by atoms with Gasteiger partial charge in [0.05, 0.1) is 5.70 Å². The van der Waals surface area contributed by atoms with Crippen LogP contribution in [0.15, 0.2) is 29.8 Å². The van der Waals surface area contributed by atoms with Crippen molar-refractivity contribution in [1.29, 1.82) is 0 Å². The Hall–Kier alpha value is -1.35. The zero-order chi connectivity index (χ0) is 9.26. The summed E-state index contributed by atoms with van der Waals surface area (Å²) in [5.41, 5.74) is 5.60. The predicted molar refractivity (Wildman–Crippen MR) is 49.9 cm³/mol. The molecule has 0 spiro atoms. The molecule has 0 amide bonds. The van der Waals surface area contributed by atoms with Crippen LogP contribution >= 0.6 is 0 Å². The largest absolute Gasteiger partial charge is 0.324 e. The molecule has 0 atom stereocenters. The average Bonchev–Trinajstić information content (AvgIpc) is 2.90.